The first-order chi connectivity index (χ1) is 23.3. The van der Waals surface area contributed by atoms with E-state index < -0.39 is 65.5 Å². The summed E-state index contributed by atoms with van der Waals surface area (Å²) in [6, 6.07) is 5.82. The second kappa shape index (κ2) is 22.8. The molecule has 0 radical (unpaired) electrons. The van der Waals surface area contributed by atoms with Crippen LogP contribution >= 0.6 is 0 Å². The van der Waals surface area contributed by atoms with Crippen LogP contribution in [0.1, 0.15) is 97.5 Å². The van der Waals surface area contributed by atoms with Crippen LogP contribution < -0.4 is 27.0 Å². The Labute approximate surface area is 286 Å². The van der Waals surface area contributed by atoms with Gasteiger partial charge in [-0.15, -0.1) is 0 Å². The van der Waals surface area contributed by atoms with Gasteiger partial charge in [0.1, 0.15) is 17.2 Å². The average molecular weight is 670 g/mol. The van der Waals surface area contributed by atoms with Gasteiger partial charge in [0.2, 0.25) is 5.91 Å². The molecule has 13 nitrogen and oxygen atoms in total. The second-order valence-electron chi connectivity index (χ2n) is 12.7. The summed E-state index contributed by atoms with van der Waals surface area (Å²) in [6.45, 7) is 8.69. The summed E-state index contributed by atoms with van der Waals surface area (Å²) in [4.78, 5) is 58.7. The molecule has 0 saturated carbocycles. The fraction of sp³-hybridized carbons (Fsp3) is 0.676. The van der Waals surface area contributed by atoms with Crippen LogP contribution in [0.25, 0.3) is 0 Å². The van der Waals surface area contributed by atoms with Crippen molar-refractivity contribution < 1.29 is 44.0 Å². The lowest BCUT2D eigenvalue weighted by Crippen LogP contribution is -2.38. The molecule has 3 atom stereocenters. The highest BCUT2D eigenvalue weighted by Crippen LogP contribution is 2.15. The molecule has 47 heavy (non-hydrogen) atoms. The smallest absolute Gasteiger partial charge is 0.407 e. The molecule has 3 amide bonds. The first kappa shape index (κ1) is 36.1. The number of likely N-dealkylation sites (N-methyl/N-ethyl adjacent to an activating group) is 2. The summed E-state index contributed by atoms with van der Waals surface area (Å²) in [6.07, 6.45) is 0.0297. The number of carbonyl (C=O) groups excluding carboxylic acids is 4. The highest BCUT2D eigenvalue weighted by Gasteiger charge is 2.25. The number of benzene rings is 1. The third-order valence-electron chi connectivity index (χ3n) is 6.20. The highest BCUT2D eigenvalue weighted by atomic mass is 16.6. The number of carboxylic acid groups (broad SMARTS) is 1. The van der Waals surface area contributed by atoms with E-state index in [0.717, 1.165) is 5.56 Å². The minimum absolute atomic E-state index is 0.00530. The maximum Gasteiger partial charge on any atom is 0.407 e. The molecule has 0 aliphatic rings. The van der Waals surface area contributed by atoms with E-state index in [9.17, 15) is 24.0 Å². The predicted molar refractivity (Wildman–Crippen MR) is 182 cm³/mol. The standard InChI is InChI=1S/C22H35N3O4.C12H24N2O4/c1-22(2,3)29-21(28)25-13-9-8-12-18(24-4)19(26)15-17(20(23)27)14-16-10-6-5-7-11-16;1-12(2,3)18-11(17)14-8-6-5-7-9(13-4)10(15)16/h5-7,10-11,17-18,24H,8-9,12-15H2,1-4H3,(H2,23,27)(H,25,28);9,13H,5-8H2,1-4H3,(H,14,17)(H,15,16)/t17-,18+;9-/m10/s1/i13D2,18D;9D. The van der Waals surface area contributed by atoms with Crippen LogP contribution in [-0.4, -0.2) is 85.3 Å². The van der Waals surface area contributed by atoms with Gasteiger partial charge in [-0.25, -0.2) is 9.59 Å². The zero-order chi connectivity index (χ0) is 39.7. The number of nitrogens with one attached hydrogen (secondary N) is 4. The number of Topliss-reactive ketones (excluding diaryl/α,β-unsaturated/α-hetero) is 1. The first-order valence-electron chi connectivity index (χ1n) is 17.7. The van der Waals surface area contributed by atoms with Gasteiger partial charge in [0.05, 0.1) is 8.76 Å². The SMILES string of the molecule is [2H]C([2H])(CCC[C@]([2H])(NC)C(=O)C[C@@H](Cc1ccccc1)C(N)=O)NC(=O)OC(C)(C)C.[2H][C@@](CCCCNC(=O)OC(C)(C)C)(NC)C(=O)O. The molecule has 0 bridgehead atoms. The molecule has 0 spiro atoms. The topological polar surface area (TPSA) is 198 Å². The van der Waals surface area contributed by atoms with Gasteiger partial charge in [-0.3, -0.25) is 14.4 Å². The zero-order valence-electron chi connectivity index (χ0n) is 33.2. The molecule has 0 saturated heterocycles. The van der Waals surface area contributed by atoms with Crippen LogP contribution in [0.2, 0.25) is 0 Å². The molecule has 0 heterocycles. The minimum Gasteiger partial charge on any atom is -0.480 e. The Hall–Kier alpha value is -3.71. The summed E-state index contributed by atoms with van der Waals surface area (Å²) in [5.74, 6) is -3.06. The molecule has 13 heteroatoms. The van der Waals surface area contributed by atoms with Crippen LogP contribution in [0, 0.1) is 5.92 Å². The van der Waals surface area contributed by atoms with E-state index in [2.05, 4.69) is 21.3 Å². The minimum atomic E-state index is -2.07. The van der Waals surface area contributed by atoms with E-state index >= 15 is 0 Å². The molecule has 0 fully saturated rings. The number of rotatable bonds is 19. The molecule has 0 aliphatic heterocycles. The Morgan fingerprint density at radius 3 is 1.83 bits per heavy atom. The maximum absolute atomic E-state index is 12.8. The van der Waals surface area contributed by atoms with Gasteiger partial charge < -0.3 is 41.6 Å². The van der Waals surface area contributed by atoms with Crippen LogP contribution in [0.15, 0.2) is 30.3 Å². The van der Waals surface area contributed by atoms with E-state index in [-0.39, 0.29) is 32.1 Å². The molecular weight excluding hydrogens is 606 g/mol. The Morgan fingerprint density at radius 1 is 0.830 bits per heavy atom. The fourth-order valence-electron chi connectivity index (χ4n) is 3.98. The van der Waals surface area contributed by atoms with Crippen LogP contribution in [0.5, 0.6) is 0 Å². The van der Waals surface area contributed by atoms with Crippen molar-refractivity contribution in [2.45, 2.75) is 116 Å². The lowest BCUT2D eigenvalue weighted by atomic mass is 9.90. The monoisotopic (exact) mass is 669 g/mol. The van der Waals surface area contributed by atoms with Gasteiger partial charge in [-0.05, 0) is 106 Å². The quantitative estimate of drug-likeness (QED) is 0.117. The van der Waals surface area contributed by atoms with Crippen molar-refractivity contribution >= 4 is 29.8 Å². The van der Waals surface area contributed by atoms with Crippen molar-refractivity contribution in [3.05, 3.63) is 35.9 Å². The maximum atomic E-state index is 12.8. The normalized spacial score (nSPS) is 16.1. The molecule has 1 aromatic rings. The van der Waals surface area contributed by atoms with Crippen molar-refractivity contribution in [2.24, 2.45) is 11.7 Å². The number of ketones is 1. The van der Waals surface area contributed by atoms with Crippen LogP contribution in [-0.2, 0) is 30.3 Å². The zero-order valence-corrected chi connectivity index (χ0v) is 29.2. The third kappa shape index (κ3) is 23.3. The first-order valence-corrected chi connectivity index (χ1v) is 15.7. The molecule has 0 unspecified atom stereocenters. The summed E-state index contributed by atoms with van der Waals surface area (Å²) >= 11 is 0. The summed E-state index contributed by atoms with van der Waals surface area (Å²) in [7, 11) is 2.91. The van der Waals surface area contributed by atoms with Crippen molar-refractivity contribution in [1.82, 2.24) is 21.3 Å². The number of carbonyl (C=O) groups is 5. The van der Waals surface area contributed by atoms with Crippen molar-refractivity contribution in [2.75, 3.05) is 27.1 Å². The largest absolute Gasteiger partial charge is 0.480 e. The van der Waals surface area contributed by atoms with E-state index in [1.54, 1.807) is 41.5 Å². The molecule has 0 aromatic heterocycles. The van der Waals surface area contributed by atoms with E-state index in [0.29, 0.717) is 25.8 Å². The highest BCUT2D eigenvalue weighted by molar-refractivity contribution is 5.89. The number of aliphatic carboxylic acids is 1. The number of ether oxygens (including phenoxy) is 2. The number of primary amides is 1. The number of unbranched alkanes of at least 4 members (excludes halogenated alkanes) is 1. The van der Waals surface area contributed by atoms with Crippen molar-refractivity contribution in [3.8, 4) is 0 Å². The van der Waals surface area contributed by atoms with Crippen molar-refractivity contribution in [3.63, 3.8) is 0 Å². The van der Waals surface area contributed by atoms with Gasteiger partial charge in [-0.1, -0.05) is 30.3 Å². The molecule has 1 rings (SSSR count). The number of nitrogens with two attached hydrogens (primary N) is 1. The van der Waals surface area contributed by atoms with Gasteiger partial charge >= 0.3 is 18.2 Å². The second-order valence-corrected chi connectivity index (χ2v) is 12.7. The van der Waals surface area contributed by atoms with E-state index in [4.69, 9.17) is 25.8 Å². The van der Waals surface area contributed by atoms with Gasteiger partial charge in [-0.2, -0.15) is 0 Å². The third-order valence-corrected chi connectivity index (χ3v) is 6.20. The number of hydrogen-bond acceptors (Lipinski definition) is 9. The van der Waals surface area contributed by atoms with E-state index in [1.807, 2.05) is 30.3 Å². The van der Waals surface area contributed by atoms with Crippen LogP contribution in [0.4, 0.5) is 9.59 Å². The molecule has 268 valence electrons. The van der Waals surface area contributed by atoms with Gasteiger partial charge in [0.25, 0.3) is 0 Å². The lowest BCUT2D eigenvalue weighted by Gasteiger charge is -2.20. The number of hydrogen-bond donors (Lipinski definition) is 6. The molecule has 1 aromatic carbocycles. The van der Waals surface area contributed by atoms with Crippen molar-refractivity contribution in [1.29, 1.82) is 0 Å². The lowest BCUT2D eigenvalue weighted by molar-refractivity contribution is -0.139. The Morgan fingerprint density at radius 2 is 1.34 bits per heavy atom. The Kier molecular flexibility index (Phi) is 17.5. The summed E-state index contributed by atoms with van der Waals surface area (Å²) < 4.78 is 42.2. The number of alkyl carbamates (subject to hydrolysis) is 2. The number of amides is 3. The molecular formula is C34H59N5O8. The Balaban J connectivity index is 0.00000112. The van der Waals surface area contributed by atoms with Gasteiger partial charge in [0, 0.05) is 28.1 Å². The molecule has 0 aliphatic carbocycles. The van der Waals surface area contributed by atoms with Crippen LogP contribution in [0.3, 0.4) is 0 Å². The predicted octanol–water partition coefficient (Wildman–Crippen LogP) is 3.93. The summed E-state index contributed by atoms with van der Waals surface area (Å²) in [5, 5.41) is 18.8. The number of carboxylic acids is 1. The Bertz CT molecular complexity index is 1280. The van der Waals surface area contributed by atoms with Gasteiger partial charge in [0.15, 0.2) is 5.78 Å². The summed E-state index contributed by atoms with van der Waals surface area (Å²) in [5.41, 5.74) is 5.07. The van der Waals surface area contributed by atoms with E-state index in [1.165, 1.54) is 14.1 Å². The molecule has 7 N–H and O–H groups in total. The fourth-order valence-corrected chi connectivity index (χ4v) is 3.98. The average Bonchev–Trinajstić information content (AvgIpc) is 2.98.